The minimum Gasteiger partial charge on any atom is -0.495 e. The molecular formula is C34H48ClN3O4. The van der Waals surface area contributed by atoms with Crippen LogP contribution in [0.1, 0.15) is 76.1 Å². The molecule has 2 saturated heterocycles. The van der Waals surface area contributed by atoms with Crippen molar-refractivity contribution in [2.45, 2.75) is 79.3 Å². The van der Waals surface area contributed by atoms with Crippen molar-refractivity contribution in [1.82, 2.24) is 9.80 Å². The number of hydrogen-bond acceptors (Lipinski definition) is 6. The van der Waals surface area contributed by atoms with Crippen molar-refractivity contribution in [2.24, 2.45) is 11.8 Å². The molecule has 2 aromatic rings. The Balaban J connectivity index is 1.39. The van der Waals surface area contributed by atoms with E-state index in [2.05, 4.69) is 41.8 Å². The second-order valence-electron chi connectivity index (χ2n) is 12.3. The number of carbonyl (C=O) groups excluding carboxylic acids is 2. The van der Waals surface area contributed by atoms with E-state index in [9.17, 15) is 9.59 Å². The lowest BCUT2D eigenvalue weighted by molar-refractivity contribution is -0.149. The van der Waals surface area contributed by atoms with Gasteiger partial charge in [-0.15, -0.1) is 0 Å². The number of methoxy groups -OCH3 is 1. The number of amides is 2. The minimum atomic E-state index is -0.214. The summed E-state index contributed by atoms with van der Waals surface area (Å²) in [7, 11) is 1.66. The van der Waals surface area contributed by atoms with Crippen LogP contribution in [0.2, 0.25) is 5.02 Å². The van der Waals surface area contributed by atoms with Crippen LogP contribution >= 0.6 is 11.6 Å². The van der Waals surface area contributed by atoms with Gasteiger partial charge in [-0.25, -0.2) is 0 Å². The first-order valence-electron chi connectivity index (χ1n) is 15.5. The van der Waals surface area contributed by atoms with E-state index in [0.717, 1.165) is 48.8 Å². The van der Waals surface area contributed by atoms with Crippen molar-refractivity contribution in [3.63, 3.8) is 0 Å². The molecule has 0 aliphatic carbocycles. The molecule has 8 heteroatoms. The number of rotatable bonds is 10. The van der Waals surface area contributed by atoms with Gasteiger partial charge >= 0.3 is 0 Å². The highest BCUT2D eigenvalue weighted by Gasteiger charge is 2.36. The summed E-state index contributed by atoms with van der Waals surface area (Å²) in [6, 6.07) is 11.3. The van der Waals surface area contributed by atoms with E-state index in [4.69, 9.17) is 21.1 Å². The SMILES string of the molecule is COc1cc(N2CCN3[C@@H](CCC[C@@H]3c3ccc(OCCCN(C(=O)C(C)C)C(=O)C(C)C)c(C)c3C)C2)ccc1Cl. The third-order valence-corrected chi connectivity index (χ3v) is 9.20. The molecule has 2 aliphatic heterocycles. The van der Waals surface area contributed by atoms with Crippen LogP contribution in [0.25, 0.3) is 0 Å². The molecule has 2 heterocycles. The second kappa shape index (κ2) is 14.1. The maximum atomic E-state index is 12.6. The summed E-state index contributed by atoms with van der Waals surface area (Å²) >= 11 is 6.28. The van der Waals surface area contributed by atoms with Gasteiger partial charge in [0, 0.05) is 61.9 Å². The van der Waals surface area contributed by atoms with Gasteiger partial charge < -0.3 is 14.4 Å². The molecular weight excluding hydrogens is 550 g/mol. The van der Waals surface area contributed by atoms with Crippen molar-refractivity contribution in [2.75, 3.05) is 44.8 Å². The Labute approximate surface area is 257 Å². The summed E-state index contributed by atoms with van der Waals surface area (Å²) in [4.78, 5) is 31.8. The first kappa shape index (κ1) is 32.2. The molecule has 2 atom stereocenters. The van der Waals surface area contributed by atoms with Crippen LogP contribution in [0.5, 0.6) is 11.5 Å². The van der Waals surface area contributed by atoms with Gasteiger partial charge in [0.15, 0.2) is 0 Å². The Morgan fingerprint density at radius 1 is 0.976 bits per heavy atom. The molecule has 42 heavy (non-hydrogen) atoms. The van der Waals surface area contributed by atoms with Crippen LogP contribution in [0.4, 0.5) is 5.69 Å². The molecule has 0 spiro atoms. The predicted molar refractivity (Wildman–Crippen MR) is 170 cm³/mol. The molecule has 230 valence electrons. The summed E-state index contributed by atoms with van der Waals surface area (Å²) in [5.41, 5.74) is 5.00. The standard InChI is InChI=1S/C34H48ClN3O4/c1-22(2)33(39)38(34(40)23(3)4)16-9-19-42-31-15-13-28(24(5)25(31)6)30-11-8-10-27-21-36(17-18-37(27)30)26-12-14-29(35)32(20-26)41-7/h12-15,20,22-23,27,30H,8-11,16-19,21H2,1-7H3/t27-,30+/m0/s1. The quantitative estimate of drug-likeness (QED) is 0.280. The van der Waals surface area contributed by atoms with Gasteiger partial charge in [0.05, 0.1) is 18.7 Å². The maximum Gasteiger partial charge on any atom is 0.231 e. The molecule has 2 aromatic carbocycles. The summed E-state index contributed by atoms with van der Waals surface area (Å²) in [5, 5.41) is 0.639. The monoisotopic (exact) mass is 597 g/mol. The van der Waals surface area contributed by atoms with Crippen LogP contribution < -0.4 is 14.4 Å². The number of piperidine rings is 1. The van der Waals surface area contributed by atoms with Gasteiger partial charge in [0.2, 0.25) is 11.8 Å². The average molecular weight is 598 g/mol. The van der Waals surface area contributed by atoms with E-state index in [1.54, 1.807) is 7.11 Å². The van der Waals surface area contributed by atoms with E-state index >= 15 is 0 Å². The van der Waals surface area contributed by atoms with E-state index in [-0.39, 0.29) is 23.7 Å². The van der Waals surface area contributed by atoms with Crippen LogP contribution in [0, 0.1) is 25.7 Å². The lowest BCUT2D eigenvalue weighted by Crippen LogP contribution is -2.56. The molecule has 2 fully saturated rings. The van der Waals surface area contributed by atoms with Crippen LogP contribution in [0.3, 0.4) is 0 Å². The summed E-state index contributed by atoms with van der Waals surface area (Å²) in [5.74, 6) is 0.928. The van der Waals surface area contributed by atoms with Gasteiger partial charge in [0.1, 0.15) is 11.5 Å². The number of nitrogens with zero attached hydrogens (tertiary/aromatic N) is 3. The predicted octanol–water partition coefficient (Wildman–Crippen LogP) is 6.82. The number of hydrogen-bond donors (Lipinski definition) is 0. The van der Waals surface area contributed by atoms with E-state index < -0.39 is 0 Å². The van der Waals surface area contributed by atoms with Gasteiger partial charge in [-0.1, -0.05) is 45.4 Å². The highest BCUT2D eigenvalue weighted by atomic mass is 35.5. The Hall–Kier alpha value is -2.77. The molecule has 7 nitrogen and oxygen atoms in total. The Kier molecular flexibility index (Phi) is 10.8. The van der Waals surface area contributed by atoms with Gasteiger partial charge in [0.25, 0.3) is 0 Å². The number of piperazine rings is 1. The summed E-state index contributed by atoms with van der Waals surface area (Å²) in [6.45, 7) is 15.5. The molecule has 2 aliphatic rings. The fourth-order valence-corrected chi connectivity index (χ4v) is 6.55. The normalized spacial score (nSPS) is 19.1. The molecule has 0 unspecified atom stereocenters. The van der Waals surface area contributed by atoms with Crippen molar-refractivity contribution in [3.05, 3.63) is 52.0 Å². The molecule has 0 bridgehead atoms. The first-order valence-corrected chi connectivity index (χ1v) is 15.8. The largest absolute Gasteiger partial charge is 0.495 e. The van der Waals surface area contributed by atoms with Crippen LogP contribution in [-0.2, 0) is 9.59 Å². The first-order chi connectivity index (χ1) is 20.0. The number of halogens is 1. The molecule has 2 amide bonds. The lowest BCUT2D eigenvalue weighted by Gasteiger charge is -2.49. The van der Waals surface area contributed by atoms with Crippen molar-refractivity contribution in [1.29, 1.82) is 0 Å². The van der Waals surface area contributed by atoms with Gasteiger partial charge in [-0.3, -0.25) is 19.4 Å². The van der Waals surface area contributed by atoms with Crippen molar-refractivity contribution in [3.8, 4) is 11.5 Å². The van der Waals surface area contributed by atoms with E-state index in [1.165, 1.54) is 28.9 Å². The van der Waals surface area contributed by atoms with Crippen molar-refractivity contribution < 1.29 is 19.1 Å². The molecule has 0 saturated carbocycles. The highest BCUT2D eigenvalue weighted by molar-refractivity contribution is 6.32. The number of fused-ring (bicyclic) bond motifs is 1. The molecule has 0 radical (unpaired) electrons. The summed E-state index contributed by atoms with van der Waals surface area (Å²) < 4.78 is 11.7. The minimum absolute atomic E-state index is 0.121. The zero-order chi connectivity index (χ0) is 30.6. The van der Waals surface area contributed by atoms with E-state index in [1.807, 2.05) is 39.8 Å². The van der Waals surface area contributed by atoms with Gasteiger partial charge in [-0.05, 0) is 74.4 Å². The number of benzene rings is 2. The fourth-order valence-electron chi connectivity index (χ4n) is 6.35. The number of ether oxygens (including phenoxy) is 2. The Morgan fingerprint density at radius 3 is 2.36 bits per heavy atom. The average Bonchev–Trinajstić information content (AvgIpc) is 2.98. The lowest BCUT2D eigenvalue weighted by atomic mass is 9.86. The zero-order valence-corrected chi connectivity index (χ0v) is 27.2. The fraction of sp³-hybridized carbons (Fsp3) is 0.588. The van der Waals surface area contributed by atoms with Crippen molar-refractivity contribution >= 4 is 29.1 Å². The topological polar surface area (TPSA) is 62.3 Å². The number of anilines is 1. The highest BCUT2D eigenvalue weighted by Crippen LogP contribution is 2.40. The second-order valence-corrected chi connectivity index (χ2v) is 12.8. The molecule has 0 N–H and O–H groups in total. The third kappa shape index (κ3) is 7.05. The molecule has 4 rings (SSSR count). The maximum absolute atomic E-state index is 12.6. The van der Waals surface area contributed by atoms with E-state index in [0.29, 0.717) is 36.7 Å². The smallest absolute Gasteiger partial charge is 0.231 e. The Morgan fingerprint density at radius 2 is 1.69 bits per heavy atom. The zero-order valence-electron chi connectivity index (χ0n) is 26.4. The van der Waals surface area contributed by atoms with Crippen LogP contribution in [-0.4, -0.2) is 67.6 Å². The third-order valence-electron chi connectivity index (χ3n) is 8.89. The van der Waals surface area contributed by atoms with Gasteiger partial charge in [-0.2, -0.15) is 0 Å². The molecule has 0 aromatic heterocycles. The number of imide groups is 1. The van der Waals surface area contributed by atoms with Crippen LogP contribution in [0.15, 0.2) is 30.3 Å². The Bertz CT molecular complexity index is 1240. The summed E-state index contributed by atoms with van der Waals surface area (Å²) in [6.07, 6.45) is 4.17. The number of carbonyl (C=O) groups is 2.